The van der Waals surface area contributed by atoms with E-state index < -0.39 is 5.41 Å². The summed E-state index contributed by atoms with van der Waals surface area (Å²) in [5.74, 6) is 0.134. The first-order valence-corrected chi connectivity index (χ1v) is 10.4. The first-order chi connectivity index (χ1) is 13.0. The summed E-state index contributed by atoms with van der Waals surface area (Å²) in [6, 6.07) is 3.54. The van der Waals surface area contributed by atoms with Crippen molar-refractivity contribution >= 4 is 11.8 Å². The number of hydrogen-bond donors (Lipinski definition) is 1. The minimum Gasteiger partial charge on any atom is -0.339 e. The minimum absolute atomic E-state index is 0.126. The van der Waals surface area contributed by atoms with Crippen LogP contribution < -0.4 is 5.56 Å². The fourth-order valence-corrected chi connectivity index (χ4v) is 5.19. The summed E-state index contributed by atoms with van der Waals surface area (Å²) in [4.78, 5) is 44.8. The summed E-state index contributed by atoms with van der Waals surface area (Å²) in [6.07, 6.45) is 7.99. The summed E-state index contributed by atoms with van der Waals surface area (Å²) in [7, 11) is 0. The fraction of sp³-hybridized carbons (Fsp3) is 0.667. The number of pyridine rings is 1. The van der Waals surface area contributed by atoms with Crippen molar-refractivity contribution in [2.75, 3.05) is 19.6 Å². The SMILES string of the molecule is CCc1cc(C(=O)N2CCC3(CCCN(C4CCCC4)C3=O)C2)cc(=O)[nH]1. The molecule has 0 aromatic carbocycles. The molecule has 1 aromatic rings. The van der Waals surface area contributed by atoms with Gasteiger partial charge in [0.2, 0.25) is 11.5 Å². The Kier molecular flexibility index (Phi) is 4.82. The zero-order valence-corrected chi connectivity index (χ0v) is 16.1. The van der Waals surface area contributed by atoms with Crippen molar-refractivity contribution in [1.82, 2.24) is 14.8 Å². The maximum Gasteiger partial charge on any atom is 0.254 e. The number of carbonyl (C=O) groups excluding carboxylic acids is 2. The summed E-state index contributed by atoms with van der Waals surface area (Å²) in [5, 5.41) is 0. The minimum atomic E-state index is -0.411. The molecule has 1 unspecified atom stereocenters. The Balaban J connectivity index is 1.52. The molecule has 0 radical (unpaired) electrons. The number of likely N-dealkylation sites (tertiary alicyclic amines) is 2. The van der Waals surface area contributed by atoms with Crippen molar-refractivity contribution in [2.24, 2.45) is 5.41 Å². The van der Waals surface area contributed by atoms with Crippen molar-refractivity contribution in [3.8, 4) is 0 Å². The molecule has 1 aromatic heterocycles. The number of amides is 2. The molecule has 27 heavy (non-hydrogen) atoms. The van der Waals surface area contributed by atoms with Crippen LogP contribution in [0.5, 0.6) is 0 Å². The monoisotopic (exact) mass is 371 g/mol. The highest BCUT2D eigenvalue weighted by Gasteiger charge is 2.50. The number of aryl methyl sites for hydroxylation is 1. The largest absolute Gasteiger partial charge is 0.339 e. The summed E-state index contributed by atoms with van der Waals surface area (Å²) >= 11 is 0. The molecule has 3 heterocycles. The van der Waals surface area contributed by atoms with E-state index in [0.29, 0.717) is 31.1 Å². The van der Waals surface area contributed by atoms with Crippen LogP contribution in [-0.4, -0.2) is 52.3 Å². The predicted molar refractivity (Wildman–Crippen MR) is 103 cm³/mol. The second kappa shape index (κ2) is 7.13. The van der Waals surface area contributed by atoms with Gasteiger partial charge in [0.25, 0.3) is 5.91 Å². The molecule has 1 atom stereocenters. The van der Waals surface area contributed by atoms with Gasteiger partial charge in [0.1, 0.15) is 0 Å². The van der Waals surface area contributed by atoms with E-state index in [4.69, 9.17) is 0 Å². The van der Waals surface area contributed by atoms with Crippen molar-refractivity contribution < 1.29 is 9.59 Å². The molecule has 1 N–H and O–H groups in total. The van der Waals surface area contributed by atoms with E-state index >= 15 is 0 Å². The first kappa shape index (κ1) is 18.3. The molecule has 0 bridgehead atoms. The molecule has 6 heteroatoms. The Morgan fingerprint density at radius 3 is 2.67 bits per heavy atom. The molecule has 6 nitrogen and oxygen atoms in total. The maximum absolute atomic E-state index is 13.3. The smallest absolute Gasteiger partial charge is 0.254 e. The van der Waals surface area contributed by atoms with Gasteiger partial charge in [0, 0.05) is 43.0 Å². The van der Waals surface area contributed by atoms with Gasteiger partial charge >= 0.3 is 0 Å². The van der Waals surface area contributed by atoms with E-state index in [1.807, 2.05) is 6.92 Å². The number of H-pyrrole nitrogens is 1. The average Bonchev–Trinajstić information content (AvgIpc) is 3.34. The van der Waals surface area contributed by atoms with E-state index in [1.54, 1.807) is 11.0 Å². The fourth-order valence-electron chi connectivity index (χ4n) is 5.19. The molecule has 1 aliphatic carbocycles. The number of piperidine rings is 1. The van der Waals surface area contributed by atoms with Gasteiger partial charge in [-0.1, -0.05) is 19.8 Å². The third kappa shape index (κ3) is 3.30. The number of nitrogens with zero attached hydrogens (tertiary/aromatic N) is 2. The zero-order valence-electron chi connectivity index (χ0n) is 16.1. The Morgan fingerprint density at radius 2 is 1.93 bits per heavy atom. The molecule has 2 aliphatic heterocycles. The summed E-state index contributed by atoms with van der Waals surface area (Å²) < 4.78 is 0. The highest BCUT2D eigenvalue weighted by molar-refractivity contribution is 5.95. The van der Waals surface area contributed by atoms with Gasteiger partial charge in [-0.2, -0.15) is 0 Å². The van der Waals surface area contributed by atoms with E-state index in [2.05, 4.69) is 9.88 Å². The van der Waals surface area contributed by atoms with Gasteiger partial charge in [-0.15, -0.1) is 0 Å². The van der Waals surface area contributed by atoms with Gasteiger partial charge in [0.05, 0.1) is 5.41 Å². The third-order valence-corrected chi connectivity index (χ3v) is 6.70. The topological polar surface area (TPSA) is 73.5 Å². The molecule has 1 saturated carbocycles. The normalized spacial score (nSPS) is 26.3. The lowest BCUT2D eigenvalue weighted by atomic mass is 9.77. The number of carbonyl (C=O) groups is 2. The molecule has 2 amide bonds. The summed E-state index contributed by atoms with van der Waals surface area (Å²) in [6.45, 7) is 3.90. The quantitative estimate of drug-likeness (QED) is 0.886. The van der Waals surface area contributed by atoms with Crippen molar-refractivity contribution in [1.29, 1.82) is 0 Å². The molecular formula is C21H29N3O3. The average molecular weight is 371 g/mol. The van der Waals surface area contributed by atoms with Crippen LogP contribution in [0.4, 0.5) is 0 Å². The molecule has 3 fully saturated rings. The van der Waals surface area contributed by atoms with E-state index in [0.717, 1.165) is 44.3 Å². The standard InChI is InChI=1S/C21H29N3O3/c1-2-16-12-15(13-18(25)22-16)19(26)23-11-9-21(14-23)8-5-10-24(20(21)27)17-6-3-4-7-17/h12-13,17H,2-11,14H2,1H3,(H,22,25). The number of aromatic amines is 1. The molecule has 3 aliphatic rings. The Bertz CT molecular complexity index is 796. The van der Waals surface area contributed by atoms with Crippen molar-refractivity contribution in [3.63, 3.8) is 0 Å². The number of nitrogens with one attached hydrogen (secondary N) is 1. The number of rotatable bonds is 3. The van der Waals surface area contributed by atoms with E-state index in [1.165, 1.54) is 18.9 Å². The Labute approximate surface area is 159 Å². The third-order valence-electron chi connectivity index (χ3n) is 6.70. The Hall–Kier alpha value is -2.11. The predicted octanol–water partition coefficient (Wildman–Crippen LogP) is 2.33. The lowest BCUT2D eigenvalue weighted by Crippen LogP contribution is -2.53. The van der Waals surface area contributed by atoms with E-state index in [9.17, 15) is 14.4 Å². The Morgan fingerprint density at radius 1 is 1.15 bits per heavy atom. The van der Waals surface area contributed by atoms with Crippen LogP contribution >= 0.6 is 0 Å². The van der Waals surface area contributed by atoms with E-state index in [-0.39, 0.29) is 17.4 Å². The van der Waals surface area contributed by atoms with Crippen LogP contribution in [0.2, 0.25) is 0 Å². The number of aromatic nitrogens is 1. The van der Waals surface area contributed by atoms with Gasteiger partial charge in [-0.3, -0.25) is 14.4 Å². The van der Waals surface area contributed by atoms with Crippen LogP contribution in [0.15, 0.2) is 16.9 Å². The molecule has 1 spiro atoms. The maximum atomic E-state index is 13.3. The van der Waals surface area contributed by atoms with Crippen LogP contribution in [0, 0.1) is 5.41 Å². The van der Waals surface area contributed by atoms with Crippen molar-refractivity contribution in [2.45, 2.75) is 64.3 Å². The van der Waals surface area contributed by atoms with Crippen LogP contribution in [0.3, 0.4) is 0 Å². The molecule has 4 rings (SSSR count). The van der Waals surface area contributed by atoms with Crippen LogP contribution in [0.25, 0.3) is 0 Å². The highest BCUT2D eigenvalue weighted by Crippen LogP contribution is 2.42. The van der Waals surface area contributed by atoms with Gasteiger partial charge < -0.3 is 14.8 Å². The second-order valence-electron chi connectivity index (χ2n) is 8.41. The van der Waals surface area contributed by atoms with Crippen molar-refractivity contribution in [3.05, 3.63) is 33.7 Å². The lowest BCUT2D eigenvalue weighted by molar-refractivity contribution is -0.148. The molecular weight excluding hydrogens is 342 g/mol. The van der Waals surface area contributed by atoms with Gasteiger partial charge in [0.15, 0.2) is 0 Å². The highest BCUT2D eigenvalue weighted by atomic mass is 16.2. The zero-order chi connectivity index (χ0) is 19.0. The van der Waals surface area contributed by atoms with Gasteiger partial charge in [-0.25, -0.2) is 0 Å². The first-order valence-electron chi connectivity index (χ1n) is 10.4. The van der Waals surface area contributed by atoms with Crippen LogP contribution in [-0.2, 0) is 11.2 Å². The number of hydrogen-bond acceptors (Lipinski definition) is 3. The summed E-state index contributed by atoms with van der Waals surface area (Å²) in [5.41, 5.74) is 0.544. The second-order valence-corrected chi connectivity index (χ2v) is 8.41. The van der Waals surface area contributed by atoms with Gasteiger partial charge in [-0.05, 0) is 44.6 Å². The lowest BCUT2D eigenvalue weighted by Gasteiger charge is -2.42. The van der Waals surface area contributed by atoms with Crippen LogP contribution in [0.1, 0.15) is 67.9 Å². The molecule has 2 saturated heterocycles. The molecule has 146 valence electrons.